The minimum Gasteiger partial charge on any atom is -0.463 e. The van der Waals surface area contributed by atoms with E-state index in [4.69, 9.17) is 9.47 Å². The molecule has 92 valence electrons. The van der Waals surface area contributed by atoms with Crippen LogP contribution in [0, 0.1) is 5.92 Å². The first-order chi connectivity index (χ1) is 7.50. The molecule has 0 aliphatic carbocycles. The highest BCUT2D eigenvalue weighted by atomic mass is 16.6. The average molecular weight is 232 g/mol. The van der Waals surface area contributed by atoms with Crippen LogP contribution in [-0.4, -0.2) is 42.7 Å². The quantitative estimate of drug-likeness (QED) is 0.523. The Morgan fingerprint density at radius 1 is 1.62 bits per heavy atom. The molecule has 1 heterocycles. The summed E-state index contributed by atoms with van der Waals surface area (Å²) < 4.78 is 14.3. The Balaban J connectivity index is 2.23. The van der Waals surface area contributed by atoms with Crippen molar-refractivity contribution in [3.8, 4) is 0 Å². The van der Waals surface area contributed by atoms with Gasteiger partial charge in [0.1, 0.15) is 6.61 Å². The summed E-state index contributed by atoms with van der Waals surface area (Å²) in [5.74, 6) is -1.31. The molecule has 6 heteroatoms. The predicted molar refractivity (Wildman–Crippen MR) is 52.3 cm³/mol. The first-order valence-electron chi connectivity index (χ1n) is 5.16. The fourth-order valence-corrected chi connectivity index (χ4v) is 1.12. The molecule has 6 nitrogen and oxygen atoms in total. The summed E-state index contributed by atoms with van der Waals surface area (Å²) >= 11 is 0. The fraction of sp³-hybridized carbons (Fsp3) is 0.800. The second-order valence-electron chi connectivity index (χ2n) is 3.88. The Hall–Kier alpha value is -1.14. The summed E-state index contributed by atoms with van der Waals surface area (Å²) in [6.45, 7) is 3.41. The van der Waals surface area contributed by atoms with Crippen molar-refractivity contribution in [2.75, 3.05) is 13.2 Å². The van der Waals surface area contributed by atoms with Gasteiger partial charge in [-0.05, 0) is 0 Å². The molecule has 0 bridgehead atoms. The molecule has 2 atom stereocenters. The Labute approximate surface area is 93.5 Å². The minimum absolute atomic E-state index is 0.107. The SMILES string of the molecule is CC(C)C(O)OCC(=O)OC1CCOC1=O. The number of rotatable bonds is 5. The lowest BCUT2D eigenvalue weighted by Gasteiger charge is -2.15. The molecule has 0 aromatic rings. The van der Waals surface area contributed by atoms with E-state index in [1.54, 1.807) is 13.8 Å². The first kappa shape index (κ1) is 12.9. The van der Waals surface area contributed by atoms with Crippen molar-refractivity contribution < 1.29 is 28.9 Å². The number of hydrogen-bond acceptors (Lipinski definition) is 6. The van der Waals surface area contributed by atoms with Gasteiger partial charge in [0.2, 0.25) is 6.10 Å². The lowest BCUT2D eigenvalue weighted by molar-refractivity contribution is -0.176. The third kappa shape index (κ3) is 3.79. The van der Waals surface area contributed by atoms with Crippen LogP contribution in [0.1, 0.15) is 20.3 Å². The van der Waals surface area contributed by atoms with Crippen molar-refractivity contribution >= 4 is 11.9 Å². The molecule has 0 amide bonds. The molecule has 0 aromatic carbocycles. The van der Waals surface area contributed by atoms with E-state index in [0.717, 1.165) is 0 Å². The van der Waals surface area contributed by atoms with Crippen molar-refractivity contribution in [3.63, 3.8) is 0 Å². The van der Waals surface area contributed by atoms with E-state index < -0.39 is 24.3 Å². The molecular weight excluding hydrogens is 216 g/mol. The summed E-state index contributed by atoms with van der Waals surface area (Å²) in [4.78, 5) is 22.2. The summed E-state index contributed by atoms with van der Waals surface area (Å²) in [6, 6.07) is 0. The zero-order chi connectivity index (χ0) is 12.1. The number of aliphatic hydroxyl groups is 1. The maximum Gasteiger partial charge on any atom is 0.347 e. The van der Waals surface area contributed by atoms with Crippen LogP contribution >= 0.6 is 0 Å². The van der Waals surface area contributed by atoms with E-state index in [0.29, 0.717) is 6.42 Å². The molecule has 0 aromatic heterocycles. The van der Waals surface area contributed by atoms with Crippen molar-refractivity contribution in [1.29, 1.82) is 0 Å². The second-order valence-corrected chi connectivity index (χ2v) is 3.88. The summed E-state index contributed by atoms with van der Waals surface area (Å²) in [5, 5.41) is 9.27. The van der Waals surface area contributed by atoms with Crippen molar-refractivity contribution in [2.24, 2.45) is 5.92 Å². The van der Waals surface area contributed by atoms with Gasteiger partial charge >= 0.3 is 11.9 Å². The molecule has 1 rings (SSSR count). The molecule has 2 unspecified atom stereocenters. The summed E-state index contributed by atoms with van der Waals surface area (Å²) in [5.41, 5.74) is 0. The maximum atomic E-state index is 11.2. The number of ether oxygens (including phenoxy) is 3. The van der Waals surface area contributed by atoms with Crippen molar-refractivity contribution in [3.05, 3.63) is 0 Å². The number of carbonyl (C=O) groups is 2. The molecule has 0 spiro atoms. The highest BCUT2D eigenvalue weighted by molar-refractivity contribution is 5.80. The van der Waals surface area contributed by atoms with Gasteiger partial charge in [-0.25, -0.2) is 9.59 Å². The van der Waals surface area contributed by atoms with Crippen molar-refractivity contribution in [1.82, 2.24) is 0 Å². The molecular formula is C10H16O6. The Morgan fingerprint density at radius 2 is 2.31 bits per heavy atom. The number of aliphatic hydroxyl groups excluding tert-OH is 1. The molecule has 0 radical (unpaired) electrons. The maximum absolute atomic E-state index is 11.2. The van der Waals surface area contributed by atoms with Crippen LogP contribution in [0.4, 0.5) is 0 Å². The Kier molecular flexibility index (Phi) is 4.70. The summed E-state index contributed by atoms with van der Waals surface area (Å²) in [7, 11) is 0. The largest absolute Gasteiger partial charge is 0.463 e. The Bertz CT molecular complexity index is 262. The van der Waals surface area contributed by atoms with E-state index in [1.165, 1.54) is 0 Å². The van der Waals surface area contributed by atoms with Gasteiger partial charge < -0.3 is 19.3 Å². The van der Waals surface area contributed by atoms with Crippen LogP contribution in [0.15, 0.2) is 0 Å². The first-order valence-corrected chi connectivity index (χ1v) is 5.16. The smallest absolute Gasteiger partial charge is 0.347 e. The summed E-state index contributed by atoms with van der Waals surface area (Å²) in [6.07, 6.45) is -1.47. The van der Waals surface area contributed by atoms with E-state index in [1.807, 2.05) is 0 Å². The minimum atomic E-state index is -1.01. The monoisotopic (exact) mass is 232 g/mol. The molecule has 1 aliphatic heterocycles. The third-order valence-corrected chi connectivity index (χ3v) is 2.10. The van der Waals surface area contributed by atoms with Gasteiger partial charge in [-0.15, -0.1) is 0 Å². The number of esters is 2. The van der Waals surface area contributed by atoms with Crippen LogP contribution in [0.3, 0.4) is 0 Å². The van der Waals surface area contributed by atoms with Gasteiger partial charge in [-0.2, -0.15) is 0 Å². The topological polar surface area (TPSA) is 82.1 Å². The third-order valence-electron chi connectivity index (χ3n) is 2.10. The average Bonchev–Trinajstić information content (AvgIpc) is 2.60. The van der Waals surface area contributed by atoms with E-state index in [2.05, 4.69) is 4.74 Å². The fourth-order valence-electron chi connectivity index (χ4n) is 1.12. The molecule has 0 saturated carbocycles. The second kappa shape index (κ2) is 5.81. The normalized spacial score (nSPS) is 22.0. The van der Waals surface area contributed by atoms with Gasteiger partial charge in [-0.1, -0.05) is 13.8 Å². The lowest BCUT2D eigenvalue weighted by Crippen LogP contribution is -2.28. The number of hydrogen-bond donors (Lipinski definition) is 1. The molecule has 1 saturated heterocycles. The highest BCUT2D eigenvalue weighted by Gasteiger charge is 2.30. The van der Waals surface area contributed by atoms with E-state index >= 15 is 0 Å². The number of cyclic esters (lactones) is 1. The Morgan fingerprint density at radius 3 is 2.81 bits per heavy atom. The standard InChI is InChI=1S/C10H16O6/c1-6(2)9(12)15-5-8(11)16-7-3-4-14-10(7)13/h6-7,9,12H,3-5H2,1-2H3. The van der Waals surface area contributed by atoms with Gasteiger partial charge in [0, 0.05) is 12.3 Å². The molecule has 1 fully saturated rings. The van der Waals surface area contributed by atoms with E-state index in [-0.39, 0.29) is 19.1 Å². The zero-order valence-corrected chi connectivity index (χ0v) is 9.34. The molecule has 16 heavy (non-hydrogen) atoms. The van der Waals surface area contributed by atoms with Gasteiger partial charge in [0.25, 0.3) is 0 Å². The van der Waals surface area contributed by atoms with E-state index in [9.17, 15) is 14.7 Å². The molecule has 1 N–H and O–H groups in total. The van der Waals surface area contributed by atoms with Crippen LogP contribution in [-0.2, 0) is 23.8 Å². The van der Waals surface area contributed by atoms with Crippen LogP contribution in [0.5, 0.6) is 0 Å². The van der Waals surface area contributed by atoms with Gasteiger partial charge in [0.05, 0.1) is 6.61 Å². The van der Waals surface area contributed by atoms with Gasteiger partial charge in [-0.3, -0.25) is 0 Å². The number of carbonyl (C=O) groups excluding carboxylic acids is 2. The van der Waals surface area contributed by atoms with Gasteiger partial charge in [0.15, 0.2) is 6.29 Å². The van der Waals surface area contributed by atoms with Crippen LogP contribution in [0.2, 0.25) is 0 Å². The van der Waals surface area contributed by atoms with Crippen molar-refractivity contribution in [2.45, 2.75) is 32.7 Å². The molecule has 1 aliphatic rings. The van der Waals surface area contributed by atoms with Crippen LogP contribution in [0.25, 0.3) is 0 Å². The lowest BCUT2D eigenvalue weighted by atomic mass is 10.2. The zero-order valence-electron chi connectivity index (χ0n) is 9.34. The van der Waals surface area contributed by atoms with Crippen LogP contribution < -0.4 is 0 Å². The highest BCUT2D eigenvalue weighted by Crippen LogP contribution is 2.10. The predicted octanol–water partition coefficient (Wildman–Crippen LogP) is -0.164.